The predicted octanol–water partition coefficient (Wildman–Crippen LogP) is 12.6. The van der Waals surface area contributed by atoms with Crippen molar-refractivity contribution in [2.75, 3.05) is 31.9 Å². The van der Waals surface area contributed by atoms with Crippen molar-refractivity contribution in [2.24, 2.45) is 0 Å². The Labute approximate surface area is 670 Å². The van der Waals surface area contributed by atoms with E-state index in [1.165, 1.54) is 0 Å². The zero-order valence-electron chi connectivity index (χ0n) is 62.2. The Balaban J connectivity index is 0.000000193. The maximum atomic E-state index is 12.1. The maximum absolute atomic E-state index is 12.1. The van der Waals surface area contributed by atoms with E-state index in [0.29, 0.717) is 77.7 Å². The third-order valence-electron chi connectivity index (χ3n) is 15.1. The molecular formula is C87H79IN18O6Si. The van der Waals surface area contributed by atoms with E-state index in [4.69, 9.17) is 12.8 Å². The second-order valence-corrected chi connectivity index (χ2v) is 31.4. The van der Waals surface area contributed by atoms with Crippen LogP contribution >= 0.6 is 22.6 Å². The number of carbonyl (C=O) groups excluding carboxylic acids is 6. The van der Waals surface area contributed by atoms with Gasteiger partial charge in [0.25, 0.3) is 0 Å². The zero-order valence-corrected chi connectivity index (χ0v) is 65.3. The molecule has 12 rings (SSSR count). The molecule has 24 nitrogen and oxygen atoms in total. The molecule has 564 valence electrons. The molecule has 0 aliphatic heterocycles. The van der Waals surface area contributed by atoms with E-state index in [0.717, 1.165) is 74.2 Å². The largest absolute Gasteiger partial charge is 0.309 e. The fourth-order valence-corrected chi connectivity index (χ4v) is 9.81. The SMILES string of the molecule is C#C[Si](C)(C)C.C#Cc1ccc(NC(=O)Cc2ccccc2)nn1.O=C(Cc1ccccc1)Nc1ccc(C#CC#Cc2ccc(NC(=O)Cc3ccccc3)nn2)nn1.O=C(Cc1ccccc1)Nc1ccc(CCCCc2ccc(NC(=O)Cc3ccccc3)nn2)nn1.O=C(Cc1ccccc1)Nc1ccc(I)nn1. The number of halogens is 1. The summed E-state index contributed by atoms with van der Waals surface area (Å²) in [6, 6.07) is 77.7. The zero-order chi connectivity index (χ0) is 80.1. The average molecular weight is 1630 g/mol. The lowest BCUT2D eigenvalue weighted by molar-refractivity contribution is -0.116. The standard InChI is InChI=1S/C28H28N6O2.C28H20N6O2.C14H11N3O.C12H10IN3O.C5H10Si/c2*35-27(19-21-9-3-1-4-10-21)29-25-17-15-23(31-33-25)13-7-8-14-24-16-18-26(34-32-24)30-28(36)20-22-11-5-2-6-12-22;1-2-12-8-9-13(17-16-12)15-14(18)10-11-6-4-3-5-7-11;13-10-6-7-11(16-15-10)14-12(17)8-9-4-2-1-3-5-9;1-5-6(2,3)4/h1-6,9-12,15-18H,7-8,13-14,19-20H2,(H,29,33,35)(H,30,34,36);1-6,9-12,15-18H,19-20H2,(H,29,33,35)(H,30,34,36);1,3-9H,10H2,(H,15,17,18);1-7H,8H2,(H,14,16,17);1H,2-4H3. The molecule has 0 aliphatic rings. The highest BCUT2D eigenvalue weighted by molar-refractivity contribution is 14.1. The summed E-state index contributed by atoms with van der Waals surface area (Å²) in [6.07, 6.45) is 15.4. The number of benzene rings is 6. The molecule has 0 bridgehead atoms. The number of terminal acetylenes is 2. The highest BCUT2D eigenvalue weighted by Gasteiger charge is 2.13. The second-order valence-electron chi connectivity index (χ2n) is 25.5. The number of hydrogen-bond donors (Lipinski definition) is 6. The van der Waals surface area contributed by atoms with E-state index in [-0.39, 0.29) is 48.3 Å². The topological polar surface area (TPSA) is 329 Å². The van der Waals surface area contributed by atoms with Crippen molar-refractivity contribution >= 4 is 101 Å². The average Bonchev–Trinajstić information content (AvgIpc) is 0.925. The van der Waals surface area contributed by atoms with Crippen molar-refractivity contribution in [1.29, 1.82) is 0 Å². The Morgan fingerprint density at radius 3 is 0.735 bits per heavy atom. The van der Waals surface area contributed by atoms with Gasteiger partial charge in [0.05, 0.1) is 49.9 Å². The summed E-state index contributed by atoms with van der Waals surface area (Å²) in [6.45, 7) is 6.44. The van der Waals surface area contributed by atoms with E-state index in [1.54, 1.807) is 60.7 Å². The van der Waals surface area contributed by atoms with Gasteiger partial charge in [0, 0.05) is 0 Å². The van der Waals surface area contributed by atoms with Gasteiger partial charge in [-0.3, -0.25) is 28.8 Å². The summed E-state index contributed by atoms with van der Waals surface area (Å²) in [5.41, 5.74) is 11.4. The predicted molar refractivity (Wildman–Crippen MR) is 448 cm³/mol. The monoisotopic (exact) mass is 1630 g/mol. The smallest absolute Gasteiger partial charge is 0.229 e. The summed E-state index contributed by atoms with van der Waals surface area (Å²) in [5.74, 6) is 14.9. The van der Waals surface area contributed by atoms with Crippen LogP contribution in [0.15, 0.2) is 255 Å². The normalized spacial score (nSPS) is 10.0. The van der Waals surface area contributed by atoms with Crippen LogP contribution in [-0.4, -0.2) is 105 Å². The first-order valence-electron chi connectivity index (χ1n) is 35.5. The molecule has 0 aliphatic carbocycles. The van der Waals surface area contributed by atoms with Crippen LogP contribution in [-0.2, 0) is 80.1 Å². The second kappa shape index (κ2) is 46.9. The minimum Gasteiger partial charge on any atom is -0.309 e. The van der Waals surface area contributed by atoms with Crippen LogP contribution in [0.3, 0.4) is 0 Å². The van der Waals surface area contributed by atoms with Gasteiger partial charge in [0.1, 0.15) is 28.9 Å². The van der Waals surface area contributed by atoms with Crippen LogP contribution in [0, 0.1) is 51.7 Å². The maximum Gasteiger partial charge on any atom is 0.229 e. The number of carbonyl (C=O) groups is 6. The number of aromatic nitrogens is 12. The molecule has 0 fully saturated rings. The Morgan fingerprint density at radius 1 is 0.301 bits per heavy atom. The van der Waals surface area contributed by atoms with Crippen LogP contribution in [0.5, 0.6) is 0 Å². The van der Waals surface area contributed by atoms with Crippen molar-refractivity contribution in [2.45, 2.75) is 83.8 Å². The quantitative estimate of drug-likeness (QED) is 0.0150. The third kappa shape index (κ3) is 34.7. The van der Waals surface area contributed by atoms with Crippen molar-refractivity contribution in [3.63, 3.8) is 0 Å². The molecule has 12 aromatic rings. The summed E-state index contributed by atoms with van der Waals surface area (Å²) >= 11 is 2.06. The lowest BCUT2D eigenvalue weighted by Gasteiger charge is -2.06. The Bertz CT molecular complexity index is 4990. The van der Waals surface area contributed by atoms with Gasteiger partial charge in [0.15, 0.2) is 34.9 Å². The molecule has 6 aromatic carbocycles. The highest BCUT2D eigenvalue weighted by Crippen LogP contribution is 2.14. The highest BCUT2D eigenvalue weighted by atomic mass is 127. The molecule has 6 aromatic heterocycles. The Hall–Kier alpha value is -14.2. The lowest BCUT2D eigenvalue weighted by atomic mass is 10.1. The number of rotatable bonds is 23. The molecule has 0 atom stereocenters. The number of unbranched alkanes of at least 4 members (excludes halogenated alkanes) is 1. The van der Waals surface area contributed by atoms with Crippen LogP contribution in [0.25, 0.3) is 0 Å². The molecule has 113 heavy (non-hydrogen) atoms. The van der Waals surface area contributed by atoms with Gasteiger partial charge in [-0.15, -0.1) is 69.4 Å². The van der Waals surface area contributed by atoms with Gasteiger partial charge in [-0.2, -0.15) is 10.2 Å². The van der Waals surface area contributed by atoms with Crippen molar-refractivity contribution < 1.29 is 28.8 Å². The lowest BCUT2D eigenvalue weighted by Crippen LogP contribution is -2.16. The molecule has 0 unspecified atom stereocenters. The van der Waals surface area contributed by atoms with Gasteiger partial charge in [-0.1, -0.05) is 202 Å². The molecule has 0 radical (unpaired) electrons. The third-order valence-corrected chi connectivity index (χ3v) is 16.5. The number of aryl methyl sites for hydroxylation is 2. The van der Waals surface area contributed by atoms with Gasteiger partial charge in [-0.05, 0) is 184 Å². The first-order chi connectivity index (χ1) is 54.8. The van der Waals surface area contributed by atoms with E-state index in [9.17, 15) is 28.8 Å². The Morgan fingerprint density at radius 2 is 0.531 bits per heavy atom. The number of amides is 6. The summed E-state index contributed by atoms with van der Waals surface area (Å²) < 4.78 is 0.795. The van der Waals surface area contributed by atoms with Gasteiger partial charge >= 0.3 is 0 Å². The summed E-state index contributed by atoms with van der Waals surface area (Å²) in [4.78, 5) is 71.9. The molecule has 0 spiro atoms. The minimum atomic E-state index is -1.10. The van der Waals surface area contributed by atoms with E-state index in [1.807, 2.05) is 194 Å². The summed E-state index contributed by atoms with van der Waals surface area (Å²) in [5, 5.41) is 64.2. The summed E-state index contributed by atoms with van der Waals surface area (Å²) in [7, 11) is -1.10. The van der Waals surface area contributed by atoms with Crippen molar-refractivity contribution in [3.8, 4) is 48.0 Å². The molecule has 0 saturated carbocycles. The molecule has 26 heteroatoms. The van der Waals surface area contributed by atoms with Crippen molar-refractivity contribution in [3.05, 3.63) is 320 Å². The number of anilines is 6. The minimum absolute atomic E-state index is 0.0910. The fourth-order valence-electron chi connectivity index (χ4n) is 9.52. The number of nitrogens with zero attached hydrogens (tertiary/aromatic N) is 12. The Kier molecular flexibility index (Phi) is 35.0. The van der Waals surface area contributed by atoms with Gasteiger partial charge in [-0.25, -0.2) is 0 Å². The van der Waals surface area contributed by atoms with E-state index in [2.05, 4.69) is 170 Å². The van der Waals surface area contributed by atoms with Gasteiger partial charge < -0.3 is 31.9 Å². The molecular weight excluding hydrogens is 1550 g/mol. The van der Waals surface area contributed by atoms with Crippen LogP contribution in [0.1, 0.15) is 74.7 Å². The van der Waals surface area contributed by atoms with E-state index >= 15 is 0 Å². The fraction of sp³-hybridized carbons (Fsp3) is 0.149. The number of hydrogen-bond acceptors (Lipinski definition) is 18. The molecule has 6 heterocycles. The molecule has 6 N–H and O–H groups in total. The first-order valence-corrected chi connectivity index (χ1v) is 40.1. The first kappa shape index (κ1) is 84.4. The van der Waals surface area contributed by atoms with Crippen LogP contribution in [0.2, 0.25) is 19.6 Å². The van der Waals surface area contributed by atoms with E-state index < -0.39 is 8.07 Å². The van der Waals surface area contributed by atoms with Crippen LogP contribution in [0.4, 0.5) is 34.9 Å². The number of nitrogens with one attached hydrogen (secondary N) is 6. The molecule has 6 amide bonds. The van der Waals surface area contributed by atoms with Gasteiger partial charge in [0.2, 0.25) is 35.4 Å². The van der Waals surface area contributed by atoms with Crippen LogP contribution < -0.4 is 31.9 Å². The molecule has 0 saturated heterocycles. The van der Waals surface area contributed by atoms with Crippen molar-refractivity contribution in [1.82, 2.24) is 61.2 Å².